The van der Waals surface area contributed by atoms with Crippen LogP contribution in [0.15, 0.2) is 48.5 Å². The first kappa shape index (κ1) is 21.7. The van der Waals surface area contributed by atoms with E-state index >= 15 is 0 Å². The molecule has 35 heavy (non-hydrogen) atoms. The first-order chi connectivity index (χ1) is 17.1. The normalized spacial score (nSPS) is 16.0. The molecule has 2 aromatic carbocycles. The molecule has 1 amide bonds. The van der Waals surface area contributed by atoms with Gasteiger partial charge in [0, 0.05) is 17.6 Å². The molecule has 0 saturated carbocycles. The van der Waals surface area contributed by atoms with E-state index in [1.165, 1.54) is 10.9 Å². The standard InChI is InChI=1S/C27H28N6O2/c1-17-8-9-21-20(5-3-6-22(21)29-17)18-10-13-32(14-11-18)15-12-19-4-2-7-23-26(19)35-16-24-25(27(28)34)30-31-33(23)24/h2-9,18H,10-16H2,1H3,(H2,28,34). The van der Waals surface area contributed by atoms with Crippen LogP contribution in [0, 0.1) is 6.92 Å². The molecule has 6 rings (SSSR count). The van der Waals surface area contributed by atoms with Crippen molar-refractivity contribution < 1.29 is 9.53 Å². The fourth-order valence-electron chi connectivity index (χ4n) is 5.44. The van der Waals surface area contributed by atoms with Gasteiger partial charge >= 0.3 is 0 Å². The van der Waals surface area contributed by atoms with Crippen LogP contribution in [-0.4, -0.2) is 50.4 Å². The molecule has 0 unspecified atom stereocenters. The minimum atomic E-state index is -0.590. The van der Waals surface area contributed by atoms with Crippen LogP contribution < -0.4 is 10.5 Å². The number of rotatable bonds is 5. The smallest absolute Gasteiger partial charge is 0.271 e. The Balaban J connectivity index is 1.13. The van der Waals surface area contributed by atoms with E-state index in [9.17, 15) is 4.79 Å². The van der Waals surface area contributed by atoms with Crippen LogP contribution in [0.4, 0.5) is 0 Å². The molecular weight excluding hydrogens is 440 g/mol. The fourth-order valence-corrected chi connectivity index (χ4v) is 5.44. The predicted molar refractivity (Wildman–Crippen MR) is 133 cm³/mol. The number of nitrogens with two attached hydrogens (primary N) is 1. The second-order valence-electron chi connectivity index (χ2n) is 9.45. The zero-order valence-corrected chi connectivity index (χ0v) is 19.8. The van der Waals surface area contributed by atoms with Crippen LogP contribution in [0.1, 0.15) is 51.8 Å². The molecule has 0 radical (unpaired) electrons. The molecule has 4 aromatic rings. The molecule has 0 atom stereocenters. The number of likely N-dealkylation sites (tertiary alicyclic amines) is 1. The molecule has 2 aliphatic heterocycles. The van der Waals surface area contributed by atoms with Crippen LogP contribution >= 0.6 is 0 Å². The lowest BCUT2D eigenvalue weighted by Gasteiger charge is -2.33. The third kappa shape index (κ3) is 3.93. The Morgan fingerprint density at radius 2 is 1.94 bits per heavy atom. The first-order valence-corrected chi connectivity index (χ1v) is 12.2. The van der Waals surface area contributed by atoms with Crippen molar-refractivity contribution in [2.45, 2.75) is 38.7 Å². The van der Waals surface area contributed by atoms with Gasteiger partial charge < -0.3 is 15.4 Å². The Morgan fingerprint density at radius 1 is 1.11 bits per heavy atom. The van der Waals surface area contributed by atoms with E-state index in [2.05, 4.69) is 51.6 Å². The number of fused-ring (bicyclic) bond motifs is 4. The van der Waals surface area contributed by atoms with Crippen molar-refractivity contribution in [2.75, 3.05) is 19.6 Å². The summed E-state index contributed by atoms with van der Waals surface area (Å²) in [7, 11) is 0. The molecule has 1 saturated heterocycles. The van der Waals surface area contributed by atoms with Gasteiger partial charge in [-0.3, -0.25) is 9.78 Å². The zero-order chi connectivity index (χ0) is 23.9. The van der Waals surface area contributed by atoms with Gasteiger partial charge in [0.05, 0.1) is 5.52 Å². The van der Waals surface area contributed by atoms with E-state index in [0.29, 0.717) is 11.6 Å². The molecule has 8 nitrogen and oxygen atoms in total. The van der Waals surface area contributed by atoms with E-state index in [4.69, 9.17) is 15.5 Å². The van der Waals surface area contributed by atoms with Crippen LogP contribution in [0.2, 0.25) is 0 Å². The molecule has 2 aliphatic rings. The highest BCUT2D eigenvalue weighted by atomic mass is 16.5. The van der Waals surface area contributed by atoms with Crippen LogP contribution in [-0.2, 0) is 13.0 Å². The summed E-state index contributed by atoms with van der Waals surface area (Å²) < 4.78 is 7.74. The summed E-state index contributed by atoms with van der Waals surface area (Å²) in [5.74, 6) is 0.791. The fraction of sp³-hybridized carbons (Fsp3) is 0.333. The van der Waals surface area contributed by atoms with E-state index in [0.717, 1.165) is 67.1 Å². The van der Waals surface area contributed by atoms with Crippen molar-refractivity contribution in [3.8, 4) is 11.4 Å². The van der Waals surface area contributed by atoms with Gasteiger partial charge in [0.15, 0.2) is 5.69 Å². The summed E-state index contributed by atoms with van der Waals surface area (Å²) in [6.45, 7) is 5.40. The Labute approximate surface area is 203 Å². The highest BCUT2D eigenvalue weighted by molar-refractivity contribution is 5.92. The quantitative estimate of drug-likeness (QED) is 0.481. The Bertz CT molecular complexity index is 1420. The van der Waals surface area contributed by atoms with Gasteiger partial charge in [0.1, 0.15) is 23.7 Å². The predicted octanol–water partition coefficient (Wildman–Crippen LogP) is 3.54. The summed E-state index contributed by atoms with van der Waals surface area (Å²) in [6, 6.07) is 16.9. The minimum absolute atomic E-state index is 0.168. The second kappa shape index (κ2) is 8.78. The summed E-state index contributed by atoms with van der Waals surface area (Å²) >= 11 is 0. The van der Waals surface area contributed by atoms with Crippen molar-refractivity contribution in [2.24, 2.45) is 5.73 Å². The first-order valence-electron chi connectivity index (χ1n) is 12.2. The van der Waals surface area contributed by atoms with E-state index in [1.54, 1.807) is 4.68 Å². The largest absolute Gasteiger partial charge is 0.485 e. The van der Waals surface area contributed by atoms with Gasteiger partial charge in [0.2, 0.25) is 0 Å². The number of piperidine rings is 1. The molecule has 0 aliphatic carbocycles. The van der Waals surface area contributed by atoms with Crippen LogP contribution in [0.3, 0.4) is 0 Å². The lowest BCUT2D eigenvalue weighted by atomic mass is 9.87. The number of aromatic nitrogens is 4. The third-order valence-electron chi connectivity index (χ3n) is 7.28. The number of ether oxygens (including phenoxy) is 1. The lowest BCUT2D eigenvalue weighted by molar-refractivity contribution is 0.0992. The van der Waals surface area contributed by atoms with E-state index < -0.39 is 5.91 Å². The maximum Gasteiger partial charge on any atom is 0.271 e. The monoisotopic (exact) mass is 468 g/mol. The number of para-hydroxylation sites is 1. The van der Waals surface area contributed by atoms with Crippen LogP contribution in [0.5, 0.6) is 5.75 Å². The topological polar surface area (TPSA) is 99.2 Å². The number of primary amides is 1. The Hall–Kier alpha value is -3.78. The van der Waals surface area contributed by atoms with Crippen molar-refractivity contribution in [3.05, 3.63) is 76.7 Å². The highest BCUT2D eigenvalue weighted by Crippen LogP contribution is 2.35. The zero-order valence-electron chi connectivity index (χ0n) is 19.8. The van der Waals surface area contributed by atoms with E-state index in [1.807, 2.05) is 19.1 Å². The number of aryl methyl sites for hydroxylation is 1. The molecule has 1 fully saturated rings. The van der Waals surface area contributed by atoms with Gasteiger partial charge in [-0.15, -0.1) is 5.10 Å². The van der Waals surface area contributed by atoms with E-state index in [-0.39, 0.29) is 12.3 Å². The SMILES string of the molecule is Cc1ccc2c(C3CCN(CCc4cccc5c4OCc4c(C(N)=O)nnn4-5)CC3)cccc2n1. The van der Waals surface area contributed by atoms with Gasteiger partial charge in [-0.1, -0.05) is 35.5 Å². The van der Waals surface area contributed by atoms with Crippen molar-refractivity contribution in [3.63, 3.8) is 0 Å². The molecule has 0 spiro atoms. The molecule has 2 aromatic heterocycles. The number of hydrogen-bond acceptors (Lipinski definition) is 6. The van der Waals surface area contributed by atoms with Gasteiger partial charge in [0.25, 0.3) is 5.91 Å². The number of pyridine rings is 1. The van der Waals surface area contributed by atoms with Gasteiger partial charge in [-0.05, 0) is 74.5 Å². The number of hydrogen-bond donors (Lipinski definition) is 1. The maximum absolute atomic E-state index is 11.6. The van der Waals surface area contributed by atoms with Gasteiger partial charge in [-0.2, -0.15) is 0 Å². The van der Waals surface area contributed by atoms with Crippen molar-refractivity contribution in [1.82, 2.24) is 24.9 Å². The molecule has 8 heteroatoms. The molecule has 0 bridgehead atoms. The number of carbonyl (C=O) groups excluding carboxylic acids is 1. The average Bonchev–Trinajstić information content (AvgIpc) is 3.32. The third-order valence-corrected chi connectivity index (χ3v) is 7.28. The summed E-state index contributed by atoms with van der Waals surface area (Å²) in [6.07, 6.45) is 3.18. The molecule has 2 N–H and O–H groups in total. The number of nitrogens with zero attached hydrogens (tertiary/aromatic N) is 5. The molecular formula is C27H28N6O2. The minimum Gasteiger partial charge on any atom is -0.485 e. The second-order valence-corrected chi connectivity index (χ2v) is 9.45. The summed E-state index contributed by atoms with van der Waals surface area (Å²) in [5, 5.41) is 9.38. The Kier molecular flexibility index (Phi) is 5.45. The maximum atomic E-state index is 11.6. The van der Waals surface area contributed by atoms with Crippen molar-refractivity contribution >= 4 is 16.8 Å². The van der Waals surface area contributed by atoms with Crippen molar-refractivity contribution in [1.29, 1.82) is 0 Å². The van der Waals surface area contributed by atoms with Gasteiger partial charge in [-0.25, -0.2) is 4.68 Å². The molecule has 178 valence electrons. The number of benzene rings is 2. The summed E-state index contributed by atoms with van der Waals surface area (Å²) in [5.41, 5.74) is 11.7. The lowest BCUT2D eigenvalue weighted by Crippen LogP contribution is -2.34. The molecule has 4 heterocycles. The average molecular weight is 469 g/mol. The number of amides is 1. The Morgan fingerprint density at radius 3 is 2.77 bits per heavy atom. The highest BCUT2D eigenvalue weighted by Gasteiger charge is 2.27. The number of carbonyl (C=O) groups is 1. The summed E-state index contributed by atoms with van der Waals surface area (Å²) in [4.78, 5) is 18.9. The van der Waals surface area contributed by atoms with Crippen LogP contribution in [0.25, 0.3) is 16.6 Å².